The van der Waals surface area contributed by atoms with Crippen LogP contribution < -0.4 is 5.32 Å². The Morgan fingerprint density at radius 2 is 1.90 bits per heavy atom. The molecule has 0 radical (unpaired) electrons. The third kappa shape index (κ3) is 4.69. The first-order valence-corrected chi connectivity index (χ1v) is 7.23. The lowest BCUT2D eigenvalue weighted by molar-refractivity contribution is 0.0937. The van der Waals surface area contributed by atoms with Crippen LogP contribution in [-0.2, 0) is 0 Å². The minimum Gasteiger partial charge on any atom is -0.507 e. The summed E-state index contributed by atoms with van der Waals surface area (Å²) in [4.78, 5) is 14.3. The molecule has 1 rings (SSSR count). The van der Waals surface area contributed by atoms with E-state index in [4.69, 9.17) is 11.6 Å². The lowest BCUT2D eigenvalue weighted by Gasteiger charge is -2.30. The zero-order valence-corrected chi connectivity index (χ0v) is 13.2. The van der Waals surface area contributed by atoms with Gasteiger partial charge in [0.15, 0.2) is 0 Å². The van der Waals surface area contributed by atoms with Crippen molar-refractivity contribution in [1.82, 2.24) is 10.2 Å². The molecule has 4 nitrogen and oxygen atoms in total. The van der Waals surface area contributed by atoms with E-state index in [0.29, 0.717) is 23.7 Å². The number of benzene rings is 1. The number of amides is 1. The van der Waals surface area contributed by atoms with Crippen LogP contribution in [0.5, 0.6) is 5.75 Å². The largest absolute Gasteiger partial charge is 0.507 e. The van der Waals surface area contributed by atoms with E-state index in [-0.39, 0.29) is 17.2 Å². The zero-order chi connectivity index (χ0) is 15.3. The summed E-state index contributed by atoms with van der Waals surface area (Å²) in [6.45, 7) is 9.81. The van der Waals surface area contributed by atoms with Crippen molar-refractivity contribution in [3.63, 3.8) is 0 Å². The Bertz CT molecular complexity index is 453. The smallest absolute Gasteiger partial charge is 0.255 e. The second-order valence-corrected chi connectivity index (χ2v) is 5.78. The molecule has 0 atom stereocenters. The number of carbonyl (C=O) groups excluding carboxylic acids is 1. The number of rotatable bonds is 6. The molecule has 0 saturated heterocycles. The van der Waals surface area contributed by atoms with E-state index < -0.39 is 0 Å². The van der Waals surface area contributed by atoms with Crippen molar-refractivity contribution in [2.45, 2.75) is 39.8 Å². The van der Waals surface area contributed by atoms with Crippen molar-refractivity contribution in [3.8, 4) is 5.75 Å². The molecule has 1 aromatic carbocycles. The van der Waals surface area contributed by atoms with Crippen LogP contribution in [0.25, 0.3) is 0 Å². The van der Waals surface area contributed by atoms with Crippen LogP contribution in [-0.4, -0.2) is 41.1 Å². The summed E-state index contributed by atoms with van der Waals surface area (Å²) >= 11 is 5.83. The molecule has 0 aliphatic heterocycles. The molecule has 1 aromatic rings. The first kappa shape index (κ1) is 16.8. The van der Waals surface area contributed by atoms with Gasteiger partial charge in [0.05, 0.1) is 5.56 Å². The number of hydrogen-bond acceptors (Lipinski definition) is 3. The van der Waals surface area contributed by atoms with Crippen LogP contribution in [0.4, 0.5) is 0 Å². The molecule has 0 unspecified atom stereocenters. The van der Waals surface area contributed by atoms with E-state index in [1.165, 1.54) is 12.1 Å². The van der Waals surface area contributed by atoms with Crippen molar-refractivity contribution in [2.24, 2.45) is 0 Å². The van der Waals surface area contributed by atoms with E-state index in [1.807, 2.05) is 0 Å². The molecule has 1 amide bonds. The molecule has 112 valence electrons. The molecule has 2 N–H and O–H groups in total. The fraction of sp³-hybridized carbons (Fsp3) is 0.533. The van der Waals surface area contributed by atoms with Gasteiger partial charge in [-0.05, 0) is 45.9 Å². The van der Waals surface area contributed by atoms with Crippen molar-refractivity contribution in [2.75, 3.05) is 13.1 Å². The maximum absolute atomic E-state index is 12.0. The molecule has 0 spiro atoms. The van der Waals surface area contributed by atoms with Gasteiger partial charge in [-0.1, -0.05) is 11.6 Å². The Kier molecular flexibility index (Phi) is 6.30. The molecular formula is C15H23ClN2O2. The molecular weight excluding hydrogens is 276 g/mol. The monoisotopic (exact) mass is 298 g/mol. The lowest BCUT2D eigenvalue weighted by atomic mass is 10.2. The van der Waals surface area contributed by atoms with Crippen LogP contribution >= 0.6 is 11.6 Å². The number of carbonyl (C=O) groups is 1. The summed E-state index contributed by atoms with van der Waals surface area (Å²) in [5.74, 6) is -0.367. The van der Waals surface area contributed by atoms with Crippen molar-refractivity contribution in [1.29, 1.82) is 0 Å². The van der Waals surface area contributed by atoms with Gasteiger partial charge in [0.2, 0.25) is 0 Å². The van der Waals surface area contributed by atoms with Crippen LogP contribution in [0, 0.1) is 0 Å². The van der Waals surface area contributed by atoms with Gasteiger partial charge in [0.1, 0.15) is 5.75 Å². The summed E-state index contributed by atoms with van der Waals surface area (Å²) in [5, 5.41) is 12.9. The SMILES string of the molecule is CC(C)N(CCNC(=O)c1cc(Cl)ccc1O)C(C)C. The first-order chi connectivity index (χ1) is 9.32. The average Bonchev–Trinajstić information content (AvgIpc) is 2.36. The number of aromatic hydroxyl groups is 1. The Morgan fingerprint density at radius 3 is 2.45 bits per heavy atom. The number of halogens is 1. The predicted octanol–water partition coefficient (Wildman–Crippen LogP) is 2.89. The van der Waals surface area contributed by atoms with E-state index >= 15 is 0 Å². The van der Waals surface area contributed by atoms with Crippen LogP contribution in [0.1, 0.15) is 38.1 Å². The average molecular weight is 299 g/mol. The fourth-order valence-corrected chi connectivity index (χ4v) is 2.37. The highest BCUT2D eigenvalue weighted by Gasteiger charge is 2.15. The Morgan fingerprint density at radius 1 is 1.30 bits per heavy atom. The quantitative estimate of drug-likeness (QED) is 0.849. The van der Waals surface area contributed by atoms with Gasteiger partial charge >= 0.3 is 0 Å². The molecule has 0 aliphatic rings. The van der Waals surface area contributed by atoms with E-state index in [9.17, 15) is 9.90 Å². The highest BCUT2D eigenvalue weighted by molar-refractivity contribution is 6.31. The van der Waals surface area contributed by atoms with Crippen molar-refractivity contribution in [3.05, 3.63) is 28.8 Å². The molecule has 0 aliphatic carbocycles. The van der Waals surface area contributed by atoms with E-state index in [1.54, 1.807) is 6.07 Å². The Balaban J connectivity index is 2.57. The fourth-order valence-electron chi connectivity index (χ4n) is 2.20. The van der Waals surface area contributed by atoms with Gasteiger partial charge in [-0.3, -0.25) is 9.69 Å². The summed E-state index contributed by atoms with van der Waals surface area (Å²) in [5.41, 5.74) is 0.207. The second kappa shape index (κ2) is 7.50. The normalized spacial score (nSPS) is 11.4. The van der Waals surface area contributed by atoms with Gasteiger partial charge in [0, 0.05) is 30.2 Å². The maximum Gasteiger partial charge on any atom is 0.255 e. The van der Waals surface area contributed by atoms with E-state index in [0.717, 1.165) is 6.54 Å². The molecule has 0 bridgehead atoms. The Labute approximate surface area is 125 Å². The number of nitrogens with zero attached hydrogens (tertiary/aromatic N) is 1. The van der Waals surface area contributed by atoms with Crippen LogP contribution in [0.3, 0.4) is 0 Å². The molecule has 20 heavy (non-hydrogen) atoms. The summed E-state index contributed by atoms with van der Waals surface area (Å²) < 4.78 is 0. The van der Waals surface area contributed by atoms with E-state index in [2.05, 4.69) is 37.9 Å². The highest BCUT2D eigenvalue weighted by Crippen LogP contribution is 2.21. The predicted molar refractivity (Wildman–Crippen MR) is 82.4 cm³/mol. The zero-order valence-electron chi connectivity index (χ0n) is 12.5. The Hall–Kier alpha value is -1.26. The van der Waals surface area contributed by atoms with Gasteiger partial charge in [0.25, 0.3) is 5.91 Å². The van der Waals surface area contributed by atoms with Crippen LogP contribution in [0.2, 0.25) is 5.02 Å². The number of phenolic OH excluding ortho intramolecular Hbond substituents is 1. The van der Waals surface area contributed by atoms with Gasteiger partial charge in [-0.25, -0.2) is 0 Å². The highest BCUT2D eigenvalue weighted by atomic mass is 35.5. The van der Waals surface area contributed by atoms with Gasteiger partial charge in [-0.2, -0.15) is 0 Å². The number of phenols is 1. The minimum atomic E-state index is -0.308. The molecule has 0 heterocycles. The number of hydrogen-bond donors (Lipinski definition) is 2. The molecule has 5 heteroatoms. The molecule has 0 fully saturated rings. The second-order valence-electron chi connectivity index (χ2n) is 5.34. The van der Waals surface area contributed by atoms with Crippen LogP contribution in [0.15, 0.2) is 18.2 Å². The number of nitrogens with one attached hydrogen (secondary N) is 1. The van der Waals surface area contributed by atoms with Gasteiger partial charge in [-0.15, -0.1) is 0 Å². The molecule has 0 aromatic heterocycles. The topological polar surface area (TPSA) is 52.6 Å². The van der Waals surface area contributed by atoms with Crippen molar-refractivity contribution < 1.29 is 9.90 Å². The third-order valence-electron chi connectivity index (χ3n) is 3.19. The first-order valence-electron chi connectivity index (χ1n) is 6.85. The molecule has 0 saturated carbocycles. The standard InChI is InChI=1S/C15H23ClN2O2/c1-10(2)18(11(3)4)8-7-17-15(20)13-9-12(16)5-6-14(13)19/h5-6,9-11,19H,7-8H2,1-4H3,(H,17,20). The summed E-state index contributed by atoms with van der Waals surface area (Å²) in [7, 11) is 0. The third-order valence-corrected chi connectivity index (χ3v) is 3.42. The minimum absolute atomic E-state index is 0.0588. The van der Waals surface area contributed by atoms with Crippen molar-refractivity contribution >= 4 is 17.5 Å². The summed E-state index contributed by atoms with van der Waals surface area (Å²) in [6, 6.07) is 5.28. The lowest BCUT2D eigenvalue weighted by Crippen LogP contribution is -2.42. The van der Waals surface area contributed by atoms with Gasteiger partial charge < -0.3 is 10.4 Å². The maximum atomic E-state index is 12.0. The summed E-state index contributed by atoms with van der Waals surface area (Å²) in [6.07, 6.45) is 0.